The van der Waals surface area contributed by atoms with Crippen molar-refractivity contribution in [2.75, 3.05) is 26.2 Å². The Morgan fingerprint density at radius 2 is 1.73 bits per heavy atom. The second-order valence-corrected chi connectivity index (χ2v) is 8.58. The van der Waals surface area contributed by atoms with Gasteiger partial charge in [0.05, 0.1) is 5.69 Å². The zero-order valence-corrected chi connectivity index (χ0v) is 18.6. The molecule has 0 N–H and O–H groups in total. The van der Waals surface area contributed by atoms with Gasteiger partial charge in [-0.15, -0.1) is 0 Å². The van der Waals surface area contributed by atoms with Crippen LogP contribution in [-0.4, -0.2) is 57.8 Å². The maximum Gasteiger partial charge on any atom is 0.253 e. The summed E-state index contributed by atoms with van der Waals surface area (Å²) in [5, 5.41) is 4.65. The number of amides is 1. The minimum Gasteiger partial charge on any atom is -0.490 e. The van der Waals surface area contributed by atoms with Gasteiger partial charge in [-0.2, -0.15) is 5.10 Å². The van der Waals surface area contributed by atoms with E-state index in [1.165, 1.54) is 11.3 Å². The number of carbonyl (C=O) groups is 1. The van der Waals surface area contributed by atoms with E-state index in [4.69, 9.17) is 4.74 Å². The first-order chi connectivity index (χ1) is 14.5. The quantitative estimate of drug-likeness (QED) is 0.727. The van der Waals surface area contributed by atoms with E-state index in [1.807, 2.05) is 29.2 Å². The number of aryl methyl sites for hydroxylation is 2. The highest BCUT2D eigenvalue weighted by Gasteiger charge is 2.23. The zero-order chi connectivity index (χ0) is 21.1. The Kier molecular flexibility index (Phi) is 6.42. The molecule has 0 saturated carbocycles. The monoisotopic (exact) mass is 410 g/mol. The van der Waals surface area contributed by atoms with Crippen LogP contribution in [-0.2, 0) is 13.1 Å². The molecule has 1 aromatic carbocycles. The summed E-state index contributed by atoms with van der Waals surface area (Å²) in [7, 11) is 0. The predicted molar refractivity (Wildman–Crippen MR) is 118 cm³/mol. The van der Waals surface area contributed by atoms with Gasteiger partial charge in [0.15, 0.2) is 0 Å². The largest absolute Gasteiger partial charge is 0.490 e. The van der Waals surface area contributed by atoms with Crippen LogP contribution in [0.1, 0.15) is 59.9 Å². The van der Waals surface area contributed by atoms with Crippen LogP contribution in [0.3, 0.4) is 0 Å². The van der Waals surface area contributed by atoms with E-state index in [0.29, 0.717) is 0 Å². The third-order valence-electron chi connectivity index (χ3n) is 6.54. The lowest BCUT2D eigenvalue weighted by Crippen LogP contribution is -2.38. The molecule has 30 heavy (non-hydrogen) atoms. The lowest BCUT2D eigenvalue weighted by atomic mass is 10.1. The number of rotatable bonds is 6. The van der Waals surface area contributed by atoms with Crippen LogP contribution in [0.2, 0.25) is 0 Å². The number of hydrogen-bond donors (Lipinski definition) is 0. The van der Waals surface area contributed by atoms with E-state index in [0.717, 1.165) is 82.0 Å². The number of benzene rings is 1. The lowest BCUT2D eigenvalue weighted by molar-refractivity contribution is 0.0792. The summed E-state index contributed by atoms with van der Waals surface area (Å²) >= 11 is 0. The molecule has 6 nitrogen and oxygen atoms in total. The SMILES string of the molecule is CCn1nc(C)c(CN2CCC(Oc3ccc(C(=O)N4CCCC4)cc3)CC2)c1C. The molecule has 1 amide bonds. The van der Waals surface area contributed by atoms with Gasteiger partial charge < -0.3 is 9.64 Å². The van der Waals surface area contributed by atoms with Crippen LogP contribution in [0.15, 0.2) is 24.3 Å². The predicted octanol–water partition coefficient (Wildman–Crippen LogP) is 3.80. The minimum atomic E-state index is 0.143. The number of ether oxygens (including phenoxy) is 1. The Morgan fingerprint density at radius 3 is 2.33 bits per heavy atom. The highest BCUT2D eigenvalue weighted by molar-refractivity contribution is 5.94. The van der Waals surface area contributed by atoms with E-state index < -0.39 is 0 Å². The molecule has 3 heterocycles. The van der Waals surface area contributed by atoms with Crippen molar-refractivity contribution >= 4 is 5.91 Å². The van der Waals surface area contributed by atoms with Crippen molar-refractivity contribution < 1.29 is 9.53 Å². The molecule has 6 heteroatoms. The average Bonchev–Trinajstić information content (AvgIpc) is 3.39. The standard InChI is InChI=1S/C24H34N4O2/c1-4-28-19(3)23(18(2)25-28)17-26-15-11-22(12-16-26)30-21-9-7-20(8-10-21)24(29)27-13-5-6-14-27/h7-10,22H,4-6,11-17H2,1-3H3. The van der Waals surface area contributed by atoms with Gasteiger partial charge in [-0.1, -0.05) is 0 Å². The molecule has 2 aliphatic heterocycles. The van der Waals surface area contributed by atoms with Crippen molar-refractivity contribution in [3.05, 3.63) is 46.8 Å². The molecule has 0 bridgehead atoms. The fraction of sp³-hybridized carbons (Fsp3) is 0.583. The molecule has 2 fully saturated rings. The molecular weight excluding hydrogens is 376 g/mol. The molecule has 0 aliphatic carbocycles. The van der Waals surface area contributed by atoms with Crippen molar-refractivity contribution in [3.63, 3.8) is 0 Å². The maximum atomic E-state index is 12.5. The Hall–Kier alpha value is -2.34. The van der Waals surface area contributed by atoms with Gasteiger partial charge in [0, 0.05) is 56.1 Å². The van der Waals surface area contributed by atoms with Crippen LogP contribution in [0.5, 0.6) is 5.75 Å². The van der Waals surface area contributed by atoms with Crippen LogP contribution in [0.4, 0.5) is 0 Å². The van der Waals surface area contributed by atoms with Crippen LogP contribution in [0, 0.1) is 13.8 Å². The highest BCUT2D eigenvalue weighted by Crippen LogP contribution is 2.23. The topological polar surface area (TPSA) is 50.6 Å². The number of nitrogens with zero attached hydrogens (tertiary/aromatic N) is 4. The molecule has 4 rings (SSSR count). The zero-order valence-electron chi connectivity index (χ0n) is 18.6. The first-order valence-electron chi connectivity index (χ1n) is 11.4. The molecular formula is C24H34N4O2. The van der Waals surface area contributed by atoms with Crippen molar-refractivity contribution in [2.24, 2.45) is 0 Å². The summed E-state index contributed by atoms with van der Waals surface area (Å²) in [6, 6.07) is 7.70. The van der Waals surface area contributed by atoms with Crippen molar-refractivity contribution in [2.45, 2.75) is 65.6 Å². The van der Waals surface area contributed by atoms with Gasteiger partial charge in [-0.05, 0) is 70.7 Å². The summed E-state index contributed by atoms with van der Waals surface area (Å²) in [5.41, 5.74) is 4.57. The second-order valence-electron chi connectivity index (χ2n) is 8.58. The van der Waals surface area contributed by atoms with Crippen LogP contribution < -0.4 is 4.74 Å². The van der Waals surface area contributed by atoms with Gasteiger partial charge >= 0.3 is 0 Å². The Bertz CT molecular complexity index is 860. The molecule has 1 aromatic heterocycles. The third kappa shape index (κ3) is 4.53. The fourth-order valence-electron chi connectivity index (χ4n) is 4.65. The van der Waals surface area contributed by atoms with Crippen molar-refractivity contribution in [3.8, 4) is 5.75 Å². The first kappa shape index (κ1) is 20.9. The molecule has 0 spiro atoms. The van der Waals surface area contributed by atoms with Crippen LogP contribution in [0.25, 0.3) is 0 Å². The summed E-state index contributed by atoms with van der Waals surface area (Å²) in [6.07, 6.45) is 4.52. The number of likely N-dealkylation sites (tertiary alicyclic amines) is 2. The van der Waals surface area contributed by atoms with Gasteiger partial charge in [0.1, 0.15) is 11.9 Å². The van der Waals surface area contributed by atoms with E-state index in [9.17, 15) is 4.79 Å². The van der Waals surface area contributed by atoms with Crippen molar-refractivity contribution in [1.29, 1.82) is 0 Å². The van der Waals surface area contributed by atoms with Gasteiger partial charge in [-0.3, -0.25) is 14.4 Å². The molecule has 0 radical (unpaired) electrons. The lowest BCUT2D eigenvalue weighted by Gasteiger charge is -2.32. The Labute approximate surface area is 179 Å². The number of hydrogen-bond acceptors (Lipinski definition) is 4. The number of carbonyl (C=O) groups excluding carboxylic acids is 1. The van der Waals surface area contributed by atoms with E-state index in [2.05, 4.69) is 35.5 Å². The van der Waals surface area contributed by atoms with E-state index in [1.54, 1.807) is 0 Å². The van der Waals surface area contributed by atoms with Gasteiger partial charge in [-0.25, -0.2) is 0 Å². The molecule has 2 saturated heterocycles. The van der Waals surface area contributed by atoms with Crippen LogP contribution >= 0.6 is 0 Å². The molecule has 0 unspecified atom stereocenters. The number of aromatic nitrogens is 2. The second kappa shape index (κ2) is 9.21. The average molecular weight is 411 g/mol. The molecule has 162 valence electrons. The normalized spacial score (nSPS) is 18.2. The van der Waals surface area contributed by atoms with Crippen molar-refractivity contribution in [1.82, 2.24) is 19.6 Å². The molecule has 0 atom stereocenters. The Balaban J connectivity index is 1.27. The summed E-state index contributed by atoms with van der Waals surface area (Å²) in [6.45, 7) is 12.2. The minimum absolute atomic E-state index is 0.143. The summed E-state index contributed by atoms with van der Waals surface area (Å²) in [5.74, 6) is 1.01. The maximum absolute atomic E-state index is 12.5. The molecule has 2 aromatic rings. The van der Waals surface area contributed by atoms with E-state index in [-0.39, 0.29) is 12.0 Å². The van der Waals surface area contributed by atoms with E-state index >= 15 is 0 Å². The Morgan fingerprint density at radius 1 is 1.07 bits per heavy atom. The number of piperidine rings is 1. The van der Waals surface area contributed by atoms with Gasteiger partial charge in [0.25, 0.3) is 5.91 Å². The fourth-order valence-corrected chi connectivity index (χ4v) is 4.65. The van der Waals surface area contributed by atoms with Gasteiger partial charge in [0.2, 0.25) is 0 Å². The first-order valence-corrected chi connectivity index (χ1v) is 11.4. The molecule has 2 aliphatic rings. The smallest absolute Gasteiger partial charge is 0.253 e. The summed E-state index contributed by atoms with van der Waals surface area (Å²) in [4.78, 5) is 16.9. The summed E-state index contributed by atoms with van der Waals surface area (Å²) < 4.78 is 8.31. The third-order valence-corrected chi connectivity index (χ3v) is 6.54. The highest BCUT2D eigenvalue weighted by atomic mass is 16.5.